The number of hydrogen-bond donors (Lipinski definition) is 1. The van der Waals surface area contributed by atoms with E-state index in [0.717, 1.165) is 0 Å². The first-order chi connectivity index (χ1) is 14.7. The van der Waals surface area contributed by atoms with Gasteiger partial charge in [0, 0.05) is 11.3 Å². The summed E-state index contributed by atoms with van der Waals surface area (Å²) in [7, 11) is 0. The summed E-state index contributed by atoms with van der Waals surface area (Å²) in [6, 6.07) is 11.6. The van der Waals surface area contributed by atoms with Crippen molar-refractivity contribution in [1.29, 1.82) is 10.5 Å². The lowest BCUT2D eigenvalue weighted by atomic mass is 9.97. The second kappa shape index (κ2) is 9.33. The van der Waals surface area contributed by atoms with E-state index in [1.54, 1.807) is 0 Å². The quantitative estimate of drug-likeness (QED) is 0.696. The molecule has 4 rings (SSSR count). The molecule has 154 valence electrons. The molecular weight excluding hydrogens is 404 g/mol. The van der Waals surface area contributed by atoms with Gasteiger partial charge in [-0.1, -0.05) is 12.1 Å². The number of aromatic nitrogens is 1. The van der Waals surface area contributed by atoms with Crippen molar-refractivity contribution in [3.05, 3.63) is 35.4 Å². The third-order valence-corrected chi connectivity index (χ3v) is 5.87. The molecule has 0 spiro atoms. The highest BCUT2D eigenvalue weighted by Crippen LogP contribution is 2.36. The zero-order chi connectivity index (χ0) is 20.9. The number of pyridine rings is 1. The van der Waals surface area contributed by atoms with Crippen LogP contribution in [0.5, 0.6) is 5.75 Å². The number of nitrogens with two attached hydrogens (primary N) is 1. The SMILES string of the molecule is N#Cc1c(N)nc(SCC2COCCO2)c(C#N)c1-c1ccc(OC2COC2)cc1. The van der Waals surface area contributed by atoms with Crippen LogP contribution in [0, 0.1) is 22.7 Å². The highest BCUT2D eigenvalue weighted by molar-refractivity contribution is 7.99. The van der Waals surface area contributed by atoms with Gasteiger partial charge in [-0.3, -0.25) is 0 Å². The molecule has 0 aliphatic carbocycles. The molecule has 2 N–H and O–H groups in total. The maximum absolute atomic E-state index is 9.87. The number of nitriles is 2. The molecule has 0 bridgehead atoms. The van der Waals surface area contributed by atoms with Crippen molar-refractivity contribution in [3.8, 4) is 29.0 Å². The Morgan fingerprint density at radius 2 is 1.83 bits per heavy atom. The van der Waals surface area contributed by atoms with E-state index in [1.807, 2.05) is 24.3 Å². The lowest BCUT2D eigenvalue weighted by Gasteiger charge is -2.26. The standard InChI is InChI=1S/C21H20N4O4S/c22-7-17-19(13-1-3-14(4-2-13)29-15-9-27-10-15)18(8-23)21(25-20(17)24)30-12-16-11-26-5-6-28-16/h1-4,15-16H,5-6,9-12H2,(H2,24,25). The topological polar surface area (TPSA) is 123 Å². The fraction of sp³-hybridized carbons (Fsp3) is 0.381. The van der Waals surface area contributed by atoms with Crippen LogP contribution in [-0.2, 0) is 14.2 Å². The number of hydrogen-bond acceptors (Lipinski definition) is 9. The van der Waals surface area contributed by atoms with Crippen LogP contribution in [0.25, 0.3) is 11.1 Å². The number of anilines is 1. The molecule has 0 saturated carbocycles. The molecule has 2 fully saturated rings. The fourth-order valence-corrected chi connectivity index (χ4v) is 4.16. The summed E-state index contributed by atoms with van der Waals surface area (Å²) < 4.78 is 22.0. The van der Waals surface area contributed by atoms with Crippen LogP contribution in [0.2, 0.25) is 0 Å². The first-order valence-electron chi connectivity index (χ1n) is 9.50. The number of rotatable bonds is 6. The van der Waals surface area contributed by atoms with E-state index in [9.17, 15) is 10.5 Å². The smallest absolute Gasteiger partial charge is 0.145 e. The maximum atomic E-state index is 9.87. The van der Waals surface area contributed by atoms with Gasteiger partial charge in [-0.05, 0) is 17.7 Å². The summed E-state index contributed by atoms with van der Waals surface area (Å²) in [5, 5.41) is 20.0. The molecule has 0 radical (unpaired) electrons. The highest BCUT2D eigenvalue weighted by atomic mass is 32.2. The minimum atomic E-state index is -0.0793. The molecule has 2 aliphatic heterocycles. The number of thioether (sulfide) groups is 1. The van der Waals surface area contributed by atoms with E-state index < -0.39 is 0 Å². The van der Waals surface area contributed by atoms with Crippen LogP contribution in [0.3, 0.4) is 0 Å². The van der Waals surface area contributed by atoms with Gasteiger partial charge in [0.15, 0.2) is 0 Å². The van der Waals surface area contributed by atoms with Crippen LogP contribution in [0.1, 0.15) is 11.1 Å². The number of nitrogens with zero attached hydrogens (tertiary/aromatic N) is 3. The molecule has 8 nitrogen and oxygen atoms in total. The van der Waals surface area contributed by atoms with Crippen LogP contribution < -0.4 is 10.5 Å². The van der Waals surface area contributed by atoms with Crippen molar-refractivity contribution in [2.75, 3.05) is 44.5 Å². The van der Waals surface area contributed by atoms with E-state index in [4.69, 9.17) is 24.7 Å². The molecule has 30 heavy (non-hydrogen) atoms. The third-order valence-electron chi connectivity index (χ3n) is 4.76. The van der Waals surface area contributed by atoms with Crippen molar-refractivity contribution in [3.63, 3.8) is 0 Å². The normalized spacial score (nSPS) is 18.8. The molecule has 2 aromatic rings. The molecule has 3 heterocycles. The van der Waals surface area contributed by atoms with E-state index >= 15 is 0 Å². The second-order valence-electron chi connectivity index (χ2n) is 6.83. The molecule has 1 unspecified atom stereocenters. The van der Waals surface area contributed by atoms with Crippen LogP contribution in [-0.4, -0.2) is 56.0 Å². The largest absolute Gasteiger partial charge is 0.486 e. The van der Waals surface area contributed by atoms with Crippen molar-refractivity contribution in [1.82, 2.24) is 4.98 Å². The average Bonchev–Trinajstić information content (AvgIpc) is 2.75. The summed E-state index contributed by atoms with van der Waals surface area (Å²) in [4.78, 5) is 4.32. The van der Waals surface area contributed by atoms with Crippen molar-refractivity contribution in [2.24, 2.45) is 0 Å². The van der Waals surface area contributed by atoms with Gasteiger partial charge in [-0.2, -0.15) is 10.5 Å². The number of ether oxygens (including phenoxy) is 4. The van der Waals surface area contributed by atoms with Gasteiger partial charge < -0.3 is 24.7 Å². The van der Waals surface area contributed by atoms with Gasteiger partial charge in [0.05, 0.1) is 44.7 Å². The Morgan fingerprint density at radius 1 is 1.07 bits per heavy atom. The first-order valence-corrected chi connectivity index (χ1v) is 10.5. The minimum Gasteiger partial charge on any atom is -0.486 e. The summed E-state index contributed by atoms with van der Waals surface area (Å²) in [5.41, 5.74) is 7.77. The molecule has 1 aromatic heterocycles. The van der Waals surface area contributed by atoms with E-state index in [2.05, 4.69) is 17.1 Å². The monoisotopic (exact) mass is 424 g/mol. The molecule has 2 aliphatic rings. The summed E-state index contributed by atoms with van der Waals surface area (Å²) in [6.07, 6.45) is -0.0184. The van der Waals surface area contributed by atoms with Gasteiger partial charge in [0.25, 0.3) is 0 Å². The Morgan fingerprint density at radius 3 is 2.43 bits per heavy atom. The number of benzene rings is 1. The van der Waals surface area contributed by atoms with Gasteiger partial charge in [0.2, 0.25) is 0 Å². The van der Waals surface area contributed by atoms with Gasteiger partial charge in [-0.25, -0.2) is 4.98 Å². The molecule has 9 heteroatoms. The highest BCUT2D eigenvalue weighted by Gasteiger charge is 2.23. The zero-order valence-corrected chi connectivity index (χ0v) is 17.0. The van der Waals surface area contributed by atoms with Crippen LogP contribution in [0.15, 0.2) is 29.3 Å². The van der Waals surface area contributed by atoms with Crippen molar-refractivity contribution >= 4 is 17.6 Å². The zero-order valence-electron chi connectivity index (χ0n) is 16.2. The predicted octanol–water partition coefficient (Wildman–Crippen LogP) is 2.36. The van der Waals surface area contributed by atoms with Crippen molar-refractivity contribution < 1.29 is 18.9 Å². The Balaban J connectivity index is 1.64. The van der Waals surface area contributed by atoms with Crippen LogP contribution >= 0.6 is 11.8 Å². The summed E-state index contributed by atoms with van der Waals surface area (Å²) in [5.74, 6) is 1.37. The average molecular weight is 424 g/mol. The lowest BCUT2D eigenvalue weighted by molar-refractivity contribution is -0.0796. The van der Waals surface area contributed by atoms with Gasteiger partial charge >= 0.3 is 0 Å². The summed E-state index contributed by atoms with van der Waals surface area (Å²) in [6.45, 7) is 2.80. The molecular formula is C21H20N4O4S. The van der Waals surface area contributed by atoms with E-state index in [-0.39, 0.29) is 23.6 Å². The Labute approximate surface area is 178 Å². The maximum Gasteiger partial charge on any atom is 0.145 e. The van der Waals surface area contributed by atoms with E-state index in [0.29, 0.717) is 66.3 Å². The van der Waals surface area contributed by atoms with Gasteiger partial charge in [0.1, 0.15) is 40.4 Å². The predicted molar refractivity (Wildman–Crippen MR) is 110 cm³/mol. The first kappa shape index (κ1) is 20.5. The molecule has 2 saturated heterocycles. The number of nitrogen functional groups attached to an aromatic ring is 1. The van der Waals surface area contributed by atoms with Gasteiger partial charge in [-0.15, -0.1) is 11.8 Å². The minimum absolute atomic E-state index is 0.0609. The Hall–Kier alpha value is -2.82. The second-order valence-corrected chi connectivity index (χ2v) is 7.84. The Kier molecular flexibility index (Phi) is 6.36. The van der Waals surface area contributed by atoms with E-state index in [1.165, 1.54) is 11.8 Å². The van der Waals surface area contributed by atoms with Crippen molar-refractivity contribution in [2.45, 2.75) is 17.2 Å². The Bertz CT molecular complexity index is 990. The lowest BCUT2D eigenvalue weighted by Crippen LogP contribution is -2.38. The molecule has 1 atom stereocenters. The van der Waals surface area contributed by atoms with Crippen LogP contribution in [0.4, 0.5) is 5.82 Å². The summed E-state index contributed by atoms with van der Waals surface area (Å²) >= 11 is 1.38. The third kappa shape index (κ3) is 4.35. The fourth-order valence-electron chi connectivity index (χ4n) is 3.17. The molecule has 1 aromatic carbocycles. The molecule has 0 amide bonds.